The molecule has 0 aromatic carbocycles. The summed E-state index contributed by atoms with van der Waals surface area (Å²) in [5.41, 5.74) is -0.537. The van der Waals surface area contributed by atoms with E-state index in [0.717, 1.165) is 19.3 Å². The Morgan fingerprint density at radius 2 is 1.56 bits per heavy atom. The van der Waals surface area contributed by atoms with E-state index >= 15 is 0 Å². The second-order valence-corrected chi connectivity index (χ2v) is 9.92. The van der Waals surface area contributed by atoms with Crippen molar-refractivity contribution in [3.8, 4) is 0 Å². The lowest BCUT2D eigenvalue weighted by Crippen LogP contribution is -2.51. The van der Waals surface area contributed by atoms with Gasteiger partial charge in [-0.15, -0.1) is 0 Å². The number of carbonyl (C=O) groups excluding carboxylic acids is 5. The second-order valence-electron chi connectivity index (χ2n) is 9.92. The van der Waals surface area contributed by atoms with E-state index in [1.807, 2.05) is 0 Å². The molecule has 2 aliphatic rings. The molecular formula is C24H39N3O7. The first-order chi connectivity index (χ1) is 16.0. The number of hydrogen-bond acceptors (Lipinski definition) is 7. The molecule has 10 heteroatoms. The van der Waals surface area contributed by atoms with Gasteiger partial charge in [-0.25, -0.2) is 4.79 Å². The van der Waals surface area contributed by atoms with Crippen molar-refractivity contribution in [2.75, 3.05) is 26.2 Å². The first-order valence-corrected chi connectivity index (χ1v) is 12.2. The minimum atomic E-state index is -0.595. The summed E-state index contributed by atoms with van der Waals surface area (Å²) >= 11 is 0. The van der Waals surface area contributed by atoms with Crippen LogP contribution < -0.4 is 5.32 Å². The standard InChI is InChI=1S/C24H39N3O7/c1-17(28)33-16-20(29)18-10-8-15-27(18)22(31)19-11-9-14-26(19)21(30)12-6-5-7-13-25-23(32)34-24(2,3)4/h18-19H,5-16H2,1-4H3,(H,25,32)/t18-,19-/m0/s1. The Morgan fingerprint density at radius 3 is 2.21 bits per heavy atom. The molecule has 1 N–H and O–H groups in total. The fraction of sp³-hybridized carbons (Fsp3) is 0.792. The molecule has 34 heavy (non-hydrogen) atoms. The molecule has 0 spiro atoms. The maximum atomic E-state index is 13.2. The molecule has 0 aromatic rings. The van der Waals surface area contributed by atoms with Crippen LogP contribution in [0, 0.1) is 0 Å². The van der Waals surface area contributed by atoms with Crippen LogP contribution in [0.3, 0.4) is 0 Å². The SMILES string of the molecule is CC(=O)OCC(=O)[C@@H]1CCCN1C(=O)[C@@H]1CCCN1C(=O)CCCCCNC(=O)OC(C)(C)C. The molecule has 0 bridgehead atoms. The van der Waals surface area contributed by atoms with Crippen LogP contribution in [0.1, 0.15) is 79.1 Å². The Bertz CT molecular complexity index is 762. The Balaban J connectivity index is 1.76. The highest BCUT2D eigenvalue weighted by atomic mass is 16.6. The van der Waals surface area contributed by atoms with E-state index in [0.29, 0.717) is 51.7 Å². The molecule has 0 unspecified atom stereocenters. The molecule has 2 rings (SSSR count). The first kappa shape index (κ1) is 27.6. The van der Waals surface area contributed by atoms with Gasteiger partial charge >= 0.3 is 12.1 Å². The third kappa shape index (κ3) is 8.61. The topological polar surface area (TPSA) is 122 Å². The number of rotatable bonds is 10. The van der Waals surface area contributed by atoms with Crippen molar-refractivity contribution in [2.45, 2.75) is 96.7 Å². The molecule has 10 nitrogen and oxygen atoms in total. The number of nitrogens with one attached hydrogen (secondary N) is 1. The summed E-state index contributed by atoms with van der Waals surface area (Å²) < 4.78 is 10.00. The predicted molar refractivity (Wildman–Crippen MR) is 124 cm³/mol. The molecule has 2 atom stereocenters. The molecular weight excluding hydrogens is 442 g/mol. The maximum Gasteiger partial charge on any atom is 0.407 e. The van der Waals surface area contributed by atoms with Crippen molar-refractivity contribution in [1.82, 2.24) is 15.1 Å². The molecule has 2 saturated heterocycles. The van der Waals surface area contributed by atoms with Crippen LogP contribution >= 0.6 is 0 Å². The Hall–Kier alpha value is -2.65. The Kier molecular flexibility index (Phi) is 10.3. The monoisotopic (exact) mass is 481 g/mol. The molecule has 0 radical (unpaired) electrons. The van der Waals surface area contributed by atoms with Crippen molar-refractivity contribution in [1.29, 1.82) is 0 Å². The van der Waals surface area contributed by atoms with Crippen molar-refractivity contribution in [3.63, 3.8) is 0 Å². The van der Waals surface area contributed by atoms with E-state index < -0.39 is 29.7 Å². The zero-order valence-electron chi connectivity index (χ0n) is 20.9. The minimum absolute atomic E-state index is 0.0575. The smallest absolute Gasteiger partial charge is 0.407 e. The zero-order chi connectivity index (χ0) is 25.3. The summed E-state index contributed by atoms with van der Waals surface area (Å²) in [6.07, 6.45) is 4.65. The van der Waals surface area contributed by atoms with Gasteiger partial charge in [-0.2, -0.15) is 0 Å². The quantitative estimate of drug-likeness (QED) is 0.375. The molecule has 2 aliphatic heterocycles. The average molecular weight is 482 g/mol. The summed E-state index contributed by atoms with van der Waals surface area (Å²) in [7, 11) is 0. The third-order valence-corrected chi connectivity index (χ3v) is 5.92. The Morgan fingerprint density at radius 1 is 0.912 bits per heavy atom. The number of nitrogens with zero attached hydrogens (tertiary/aromatic N) is 2. The molecule has 0 aromatic heterocycles. The van der Waals surface area contributed by atoms with Gasteiger partial charge < -0.3 is 24.6 Å². The number of ether oxygens (including phenoxy) is 2. The number of likely N-dealkylation sites (tertiary alicyclic amines) is 2. The van der Waals surface area contributed by atoms with E-state index in [-0.39, 0.29) is 24.2 Å². The van der Waals surface area contributed by atoms with Crippen LogP contribution in [-0.4, -0.2) is 83.4 Å². The summed E-state index contributed by atoms with van der Waals surface area (Å²) in [6, 6.07) is -1.13. The number of Topliss-reactive ketones (excluding diaryl/α,β-unsaturated/α-hetero) is 1. The normalized spacial score (nSPS) is 20.2. The van der Waals surface area contributed by atoms with Crippen LogP contribution in [0.25, 0.3) is 0 Å². The fourth-order valence-electron chi connectivity index (χ4n) is 4.37. The van der Waals surface area contributed by atoms with Crippen LogP contribution in [0.4, 0.5) is 4.79 Å². The van der Waals surface area contributed by atoms with Crippen LogP contribution in [0.2, 0.25) is 0 Å². The summed E-state index contributed by atoms with van der Waals surface area (Å²) in [5, 5.41) is 2.70. The molecule has 3 amide bonds. The number of alkyl carbamates (subject to hydrolysis) is 1. The van der Waals surface area contributed by atoms with Crippen molar-refractivity contribution in [2.24, 2.45) is 0 Å². The lowest BCUT2D eigenvalue weighted by atomic mass is 10.1. The summed E-state index contributed by atoms with van der Waals surface area (Å²) in [6.45, 7) is 7.81. The van der Waals surface area contributed by atoms with Gasteiger partial charge in [0.2, 0.25) is 11.8 Å². The molecule has 192 valence electrons. The highest BCUT2D eigenvalue weighted by Gasteiger charge is 2.41. The number of amides is 3. The number of unbranched alkanes of at least 4 members (excludes halogenated alkanes) is 2. The van der Waals surface area contributed by atoms with Gasteiger partial charge in [0.05, 0.1) is 6.04 Å². The van der Waals surface area contributed by atoms with Gasteiger partial charge in [0, 0.05) is 33.0 Å². The van der Waals surface area contributed by atoms with Crippen molar-refractivity contribution < 1.29 is 33.4 Å². The minimum Gasteiger partial charge on any atom is -0.458 e. The van der Waals surface area contributed by atoms with Crippen LogP contribution in [0.5, 0.6) is 0 Å². The van der Waals surface area contributed by atoms with Gasteiger partial charge in [-0.3, -0.25) is 19.2 Å². The lowest BCUT2D eigenvalue weighted by Gasteiger charge is -2.31. The van der Waals surface area contributed by atoms with Gasteiger partial charge in [0.1, 0.15) is 11.6 Å². The largest absolute Gasteiger partial charge is 0.458 e. The predicted octanol–water partition coefficient (Wildman–Crippen LogP) is 2.19. The highest BCUT2D eigenvalue weighted by molar-refractivity contribution is 5.94. The fourth-order valence-corrected chi connectivity index (χ4v) is 4.37. The molecule has 2 fully saturated rings. The number of ketones is 1. The number of hydrogen-bond donors (Lipinski definition) is 1. The second kappa shape index (κ2) is 12.7. The van der Waals surface area contributed by atoms with Gasteiger partial charge in [0.25, 0.3) is 0 Å². The van der Waals surface area contributed by atoms with E-state index in [1.165, 1.54) is 6.92 Å². The van der Waals surface area contributed by atoms with E-state index in [2.05, 4.69) is 5.32 Å². The maximum absolute atomic E-state index is 13.2. The van der Waals surface area contributed by atoms with Gasteiger partial charge in [-0.05, 0) is 59.3 Å². The van der Waals surface area contributed by atoms with E-state index in [1.54, 1.807) is 30.6 Å². The molecule has 0 aliphatic carbocycles. The summed E-state index contributed by atoms with van der Waals surface area (Å²) in [4.78, 5) is 64.3. The lowest BCUT2D eigenvalue weighted by molar-refractivity contribution is -0.150. The molecule has 2 heterocycles. The number of carbonyl (C=O) groups is 5. The first-order valence-electron chi connectivity index (χ1n) is 12.2. The van der Waals surface area contributed by atoms with Gasteiger partial charge in [-0.1, -0.05) is 6.42 Å². The van der Waals surface area contributed by atoms with E-state index in [9.17, 15) is 24.0 Å². The third-order valence-electron chi connectivity index (χ3n) is 5.92. The highest BCUT2D eigenvalue weighted by Crippen LogP contribution is 2.26. The zero-order valence-corrected chi connectivity index (χ0v) is 20.9. The summed E-state index contributed by atoms with van der Waals surface area (Å²) in [5.74, 6) is -1.06. The van der Waals surface area contributed by atoms with E-state index in [4.69, 9.17) is 9.47 Å². The van der Waals surface area contributed by atoms with Crippen LogP contribution in [0.15, 0.2) is 0 Å². The van der Waals surface area contributed by atoms with Crippen molar-refractivity contribution in [3.05, 3.63) is 0 Å². The Labute approximate surface area is 201 Å². The number of esters is 1. The molecule has 0 saturated carbocycles. The van der Waals surface area contributed by atoms with Crippen molar-refractivity contribution >= 4 is 29.7 Å². The van der Waals surface area contributed by atoms with Crippen LogP contribution in [-0.2, 0) is 28.7 Å². The average Bonchev–Trinajstić information content (AvgIpc) is 3.42. The van der Waals surface area contributed by atoms with Gasteiger partial charge in [0.15, 0.2) is 12.4 Å².